The quantitative estimate of drug-likeness (QED) is 0.282. The van der Waals surface area contributed by atoms with Crippen molar-refractivity contribution in [2.24, 2.45) is 0 Å². The van der Waals surface area contributed by atoms with Crippen molar-refractivity contribution in [2.45, 2.75) is 32.3 Å². The fourth-order valence-electron chi connectivity index (χ4n) is 1.17. The van der Waals surface area contributed by atoms with Gasteiger partial charge in [-0.3, -0.25) is 9.36 Å². The van der Waals surface area contributed by atoms with E-state index in [0.717, 1.165) is 6.08 Å². The maximum absolute atomic E-state index is 11.1. The largest absolute Gasteiger partial charge is 0.466 e. The van der Waals surface area contributed by atoms with E-state index in [0.29, 0.717) is 12.8 Å². The maximum Gasteiger partial charge on any atom is 0.330 e. The molecule has 0 rings (SSSR count). The highest BCUT2D eigenvalue weighted by Gasteiger charge is 2.16. The second-order valence-corrected chi connectivity index (χ2v) is 5.73. The highest BCUT2D eigenvalue weighted by Crippen LogP contribution is 2.34. The SMILES string of the molecule is C=CC(=O)OC(C)CCCOC(=O)CCP(=O)(O)O. The van der Waals surface area contributed by atoms with Crippen LogP contribution in [0.2, 0.25) is 0 Å². The van der Waals surface area contributed by atoms with Crippen molar-refractivity contribution < 1.29 is 33.4 Å². The van der Waals surface area contributed by atoms with Crippen molar-refractivity contribution >= 4 is 19.5 Å². The molecule has 0 aromatic heterocycles. The zero-order chi connectivity index (χ0) is 14.9. The molecular weight excluding hydrogens is 275 g/mol. The van der Waals surface area contributed by atoms with Crippen LogP contribution in [0.25, 0.3) is 0 Å². The molecule has 0 aliphatic heterocycles. The lowest BCUT2D eigenvalue weighted by molar-refractivity contribution is -0.145. The molecule has 0 radical (unpaired) electrons. The molecule has 1 unspecified atom stereocenters. The topological polar surface area (TPSA) is 110 Å². The van der Waals surface area contributed by atoms with E-state index in [4.69, 9.17) is 19.3 Å². The van der Waals surface area contributed by atoms with Gasteiger partial charge in [-0.05, 0) is 19.8 Å². The Bertz CT molecular complexity index is 360. The standard InChI is InChI=1S/C11H19O7P/c1-3-10(12)18-9(2)5-4-7-17-11(13)6-8-19(14,15)16/h3,9H,1,4-8H2,2H3,(H2,14,15,16). The molecule has 0 saturated heterocycles. The molecular formula is C11H19O7P. The summed E-state index contributed by atoms with van der Waals surface area (Å²) in [5.74, 6) is -1.16. The fraction of sp³-hybridized carbons (Fsp3) is 0.636. The van der Waals surface area contributed by atoms with E-state index in [2.05, 4.69) is 6.58 Å². The van der Waals surface area contributed by atoms with E-state index in [1.54, 1.807) is 6.92 Å². The van der Waals surface area contributed by atoms with Gasteiger partial charge in [-0.25, -0.2) is 4.79 Å². The Kier molecular flexibility index (Phi) is 8.30. The fourth-order valence-corrected chi connectivity index (χ4v) is 1.65. The van der Waals surface area contributed by atoms with Gasteiger partial charge in [-0.2, -0.15) is 0 Å². The van der Waals surface area contributed by atoms with Crippen molar-refractivity contribution in [1.29, 1.82) is 0 Å². The van der Waals surface area contributed by atoms with E-state index in [-0.39, 0.29) is 19.1 Å². The Morgan fingerprint density at radius 3 is 2.58 bits per heavy atom. The van der Waals surface area contributed by atoms with Crippen LogP contribution in [0.1, 0.15) is 26.2 Å². The molecule has 7 nitrogen and oxygen atoms in total. The van der Waals surface area contributed by atoms with Crippen LogP contribution in [0.15, 0.2) is 12.7 Å². The number of ether oxygens (including phenoxy) is 2. The predicted octanol–water partition coefficient (Wildman–Crippen LogP) is 0.995. The van der Waals surface area contributed by atoms with Gasteiger partial charge in [0.25, 0.3) is 0 Å². The van der Waals surface area contributed by atoms with Gasteiger partial charge in [0, 0.05) is 6.08 Å². The Morgan fingerprint density at radius 2 is 2.05 bits per heavy atom. The maximum atomic E-state index is 11.1. The van der Waals surface area contributed by atoms with Crippen molar-refractivity contribution in [2.75, 3.05) is 12.8 Å². The molecule has 0 amide bonds. The number of hydrogen-bond acceptors (Lipinski definition) is 5. The normalized spacial score (nSPS) is 12.6. The number of esters is 2. The average molecular weight is 294 g/mol. The number of carbonyl (C=O) groups is 2. The van der Waals surface area contributed by atoms with Gasteiger partial charge in [0.1, 0.15) is 0 Å². The molecule has 0 fully saturated rings. The number of rotatable bonds is 9. The van der Waals surface area contributed by atoms with Gasteiger partial charge in [0.2, 0.25) is 0 Å². The lowest BCUT2D eigenvalue weighted by Gasteiger charge is -2.11. The van der Waals surface area contributed by atoms with Crippen LogP contribution in [0.3, 0.4) is 0 Å². The minimum Gasteiger partial charge on any atom is -0.466 e. The molecule has 0 saturated carbocycles. The summed E-state index contributed by atoms with van der Waals surface area (Å²) in [5.41, 5.74) is 0. The molecule has 0 heterocycles. The summed E-state index contributed by atoms with van der Waals surface area (Å²) < 4.78 is 20.2. The lowest BCUT2D eigenvalue weighted by atomic mass is 10.2. The van der Waals surface area contributed by atoms with Gasteiger partial charge in [-0.1, -0.05) is 6.58 Å². The second-order valence-electron chi connectivity index (χ2n) is 3.95. The summed E-state index contributed by atoms with van der Waals surface area (Å²) in [6.07, 6.45) is 0.945. The van der Waals surface area contributed by atoms with Crippen molar-refractivity contribution in [3.63, 3.8) is 0 Å². The van der Waals surface area contributed by atoms with Crippen LogP contribution in [0, 0.1) is 0 Å². The van der Waals surface area contributed by atoms with Gasteiger partial charge in [0.05, 0.1) is 25.3 Å². The first kappa shape index (κ1) is 17.8. The molecule has 0 bridgehead atoms. The molecule has 0 aliphatic rings. The number of carbonyl (C=O) groups excluding carboxylic acids is 2. The first-order valence-corrected chi connectivity index (χ1v) is 7.57. The van der Waals surface area contributed by atoms with E-state index < -0.39 is 25.7 Å². The van der Waals surface area contributed by atoms with E-state index in [1.807, 2.05) is 0 Å². The zero-order valence-electron chi connectivity index (χ0n) is 10.8. The monoisotopic (exact) mass is 294 g/mol. The van der Waals surface area contributed by atoms with Crippen LogP contribution in [-0.2, 0) is 23.6 Å². The molecule has 19 heavy (non-hydrogen) atoms. The molecule has 0 aliphatic carbocycles. The van der Waals surface area contributed by atoms with Gasteiger partial charge >= 0.3 is 19.5 Å². The molecule has 2 N–H and O–H groups in total. The number of hydrogen-bond donors (Lipinski definition) is 2. The summed E-state index contributed by atoms with van der Waals surface area (Å²) in [5, 5.41) is 0. The smallest absolute Gasteiger partial charge is 0.330 e. The van der Waals surface area contributed by atoms with Crippen LogP contribution in [0.5, 0.6) is 0 Å². The van der Waals surface area contributed by atoms with Crippen LogP contribution in [-0.4, -0.2) is 40.6 Å². The van der Waals surface area contributed by atoms with Gasteiger partial charge in [-0.15, -0.1) is 0 Å². The van der Waals surface area contributed by atoms with Gasteiger partial charge < -0.3 is 19.3 Å². The first-order valence-electron chi connectivity index (χ1n) is 5.78. The predicted molar refractivity (Wildman–Crippen MR) is 67.5 cm³/mol. The summed E-state index contributed by atoms with van der Waals surface area (Å²) in [4.78, 5) is 39.1. The Balaban J connectivity index is 3.63. The summed E-state index contributed by atoms with van der Waals surface area (Å²) >= 11 is 0. The average Bonchev–Trinajstić information content (AvgIpc) is 2.31. The summed E-state index contributed by atoms with van der Waals surface area (Å²) in [6.45, 7) is 5.09. The molecule has 0 aromatic carbocycles. The third-order valence-corrected chi connectivity index (χ3v) is 2.92. The molecule has 0 spiro atoms. The minimum absolute atomic E-state index is 0.121. The van der Waals surface area contributed by atoms with Crippen LogP contribution < -0.4 is 0 Å². The van der Waals surface area contributed by atoms with Crippen molar-refractivity contribution in [3.8, 4) is 0 Å². The third kappa shape index (κ3) is 11.6. The summed E-state index contributed by atoms with van der Waals surface area (Å²) in [6, 6.07) is 0. The molecule has 8 heteroatoms. The molecule has 1 atom stereocenters. The highest BCUT2D eigenvalue weighted by molar-refractivity contribution is 7.51. The van der Waals surface area contributed by atoms with Crippen LogP contribution >= 0.6 is 7.60 Å². The molecule has 110 valence electrons. The second kappa shape index (κ2) is 8.85. The molecule has 0 aromatic rings. The lowest BCUT2D eigenvalue weighted by Crippen LogP contribution is -2.14. The minimum atomic E-state index is -4.16. The Hall–Kier alpha value is -1.17. The van der Waals surface area contributed by atoms with E-state index in [9.17, 15) is 14.2 Å². The Labute approximate surface area is 111 Å². The zero-order valence-corrected chi connectivity index (χ0v) is 11.7. The first-order chi connectivity index (χ1) is 8.74. The van der Waals surface area contributed by atoms with Gasteiger partial charge in [0.15, 0.2) is 0 Å². The van der Waals surface area contributed by atoms with E-state index >= 15 is 0 Å². The van der Waals surface area contributed by atoms with Crippen molar-refractivity contribution in [3.05, 3.63) is 12.7 Å². The summed E-state index contributed by atoms with van der Waals surface area (Å²) in [7, 11) is -4.16. The third-order valence-electron chi connectivity index (χ3n) is 2.11. The van der Waals surface area contributed by atoms with Crippen molar-refractivity contribution in [1.82, 2.24) is 0 Å². The van der Waals surface area contributed by atoms with E-state index in [1.165, 1.54) is 0 Å². The van der Waals surface area contributed by atoms with Crippen LogP contribution in [0.4, 0.5) is 0 Å². The highest BCUT2D eigenvalue weighted by atomic mass is 31.2. The Morgan fingerprint density at radius 1 is 1.42 bits per heavy atom.